The van der Waals surface area contributed by atoms with Crippen molar-refractivity contribution in [2.75, 3.05) is 30.0 Å². The zero-order chi connectivity index (χ0) is 19.7. The van der Waals surface area contributed by atoms with Gasteiger partial charge in [-0.15, -0.1) is 11.3 Å². The van der Waals surface area contributed by atoms with E-state index in [0.29, 0.717) is 46.8 Å². The number of benzene rings is 1. The van der Waals surface area contributed by atoms with Gasteiger partial charge in [0.1, 0.15) is 17.4 Å². The van der Waals surface area contributed by atoms with Crippen LogP contribution in [-0.2, 0) is 17.6 Å². The van der Waals surface area contributed by atoms with E-state index in [1.807, 2.05) is 0 Å². The van der Waals surface area contributed by atoms with E-state index < -0.39 is 0 Å². The van der Waals surface area contributed by atoms with Gasteiger partial charge in [-0.3, -0.25) is 10.2 Å². The minimum absolute atomic E-state index is 0.298. The number of fused-ring (bicyclic) bond motifs is 2. The van der Waals surface area contributed by atoms with Gasteiger partial charge in [0.15, 0.2) is 0 Å². The molecule has 0 spiro atoms. The second-order valence-electron chi connectivity index (χ2n) is 6.68. The topological polar surface area (TPSA) is 67.9 Å². The summed E-state index contributed by atoms with van der Waals surface area (Å²) in [6.07, 6.45) is 3.90. The summed E-state index contributed by atoms with van der Waals surface area (Å²) in [6, 6.07) is 4.89. The van der Waals surface area contributed by atoms with Gasteiger partial charge in [-0.25, -0.2) is 9.59 Å². The molecule has 0 atom stereocenters. The van der Waals surface area contributed by atoms with Gasteiger partial charge in [0.2, 0.25) is 0 Å². The van der Waals surface area contributed by atoms with Crippen LogP contribution < -0.4 is 15.0 Å². The number of ether oxygens (including phenoxy) is 2. The zero-order valence-corrected chi connectivity index (χ0v) is 17.1. The molecule has 0 saturated carbocycles. The molecule has 148 valence electrons. The Labute approximate surface area is 172 Å². The van der Waals surface area contributed by atoms with Crippen LogP contribution in [0.4, 0.5) is 15.5 Å². The number of nitrogens with zero attached hydrogens (tertiary/aromatic N) is 1. The van der Waals surface area contributed by atoms with Crippen LogP contribution in [0, 0.1) is 0 Å². The Morgan fingerprint density at radius 1 is 1.32 bits per heavy atom. The van der Waals surface area contributed by atoms with Crippen molar-refractivity contribution in [3.8, 4) is 5.75 Å². The number of rotatable bonds is 3. The summed E-state index contributed by atoms with van der Waals surface area (Å²) in [6.45, 7) is 2.88. The lowest BCUT2D eigenvalue weighted by molar-refractivity contribution is 0.0526. The summed E-state index contributed by atoms with van der Waals surface area (Å²) in [5, 5.41) is 4.03. The van der Waals surface area contributed by atoms with Crippen LogP contribution in [0.3, 0.4) is 0 Å². The monoisotopic (exact) mass is 420 g/mol. The summed E-state index contributed by atoms with van der Waals surface area (Å²) in [7, 11) is 0. The Hall–Kier alpha value is -2.25. The number of thiophene rings is 1. The van der Waals surface area contributed by atoms with Gasteiger partial charge < -0.3 is 9.47 Å². The van der Waals surface area contributed by atoms with Gasteiger partial charge in [0, 0.05) is 9.90 Å². The highest BCUT2D eigenvalue weighted by atomic mass is 35.5. The van der Waals surface area contributed by atoms with E-state index in [9.17, 15) is 9.59 Å². The molecule has 1 aromatic carbocycles. The number of carbonyl (C=O) groups is 2. The first-order valence-electron chi connectivity index (χ1n) is 9.41. The number of hydrogen-bond donors (Lipinski definition) is 1. The number of hydrogen-bond acceptors (Lipinski definition) is 5. The number of halogens is 1. The number of urea groups is 1. The number of nitrogens with one attached hydrogen (secondary N) is 1. The predicted octanol–water partition coefficient (Wildman–Crippen LogP) is 4.89. The van der Waals surface area contributed by atoms with E-state index in [-0.39, 0.29) is 12.0 Å². The highest BCUT2D eigenvalue weighted by Crippen LogP contribution is 2.40. The molecule has 2 aliphatic rings. The third-order valence-electron chi connectivity index (χ3n) is 4.90. The van der Waals surface area contributed by atoms with E-state index in [4.69, 9.17) is 21.1 Å². The molecule has 0 unspecified atom stereocenters. The Bertz CT molecular complexity index is 927. The van der Waals surface area contributed by atoms with Crippen molar-refractivity contribution in [3.63, 3.8) is 0 Å². The molecule has 1 aliphatic carbocycles. The SMILES string of the molecule is CCOC(=O)c1c(NC(=O)N2CCOc3ccc(Cl)cc32)sc2c1CCCC2. The largest absolute Gasteiger partial charge is 0.490 e. The molecule has 1 aromatic heterocycles. The van der Waals surface area contributed by atoms with Crippen molar-refractivity contribution < 1.29 is 19.1 Å². The number of anilines is 2. The molecule has 6 nitrogen and oxygen atoms in total. The summed E-state index contributed by atoms with van der Waals surface area (Å²) in [4.78, 5) is 28.4. The molecule has 2 heterocycles. The zero-order valence-electron chi connectivity index (χ0n) is 15.5. The van der Waals surface area contributed by atoms with E-state index in [1.54, 1.807) is 30.0 Å². The van der Waals surface area contributed by atoms with Crippen LogP contribution in [0.25, 0.3) is 0 Å². The summed E-state index contributed by atoms with van der Waals surface area (Å²) >= 11 is 7.58. The fourth-order valence-electron chi connectivity index (χ4n) is 3.64. The van der Waals surface area contributed by atoms with Crippen molar-refractivity contribution in [2.24, 2.45) is 0 Å². The molecule has 0 fully saturated rings. The maximum atomic E-state index is 13.1. The van der Waals surface area contributed by atoms with Crippen LogP contribution in [0.5, 0.6) is 5.75 Å². The Morgan fingerprint density at radius 2 is 2.14 bits per heavy atom. The fourth-order valence-corrected chi connectivity index (χ4v) is 5.07. The molecular formula is C20H21ClN2O4S. The van der Waals surface area contributed by atoms with E-state index >= 15 is 0 Å². The van der Waals surface area contributed by atoms with Crippen LogP contribution >= 0.6 is 22.9 Å². The third kappa shape index (κ3) is 3.56. The van der Waals surface area contributed by atoms with E-state index in [1.165, 1.54) is 11.3 Å². The second kappa shape index (κ2) is 8.01. The second-order valence-corrected chi connectivity index (χ2v) is 8.22. The van der Waals surface area contributed by atoms with Crippen molar-refractivity contribution >= 4 is 45.6 Å². The van der Waals surface area contributed by atoms with Gasteiger partial charge in [-0.2, -0.15) is 0 Å². The number of carbonyl (C=O) groups excluding carboxylic acids is 2. The van der Waals surface area contributed by atoms with Crippen LogP contribution in [-0.4, -0.2) is 31.8 Å². The molecule has 4 rings (SSSR count). The molecule has 0 radical (unpaired) electrons. The molecule has 28 heavy (non-hydrogen) atoms. The minimum atomic E-state index is -0.373. The normalized spacial score (nSPS) is 15.3. The predicted molar refractivity (Wildman–Crippen MR) is 110 cm³/mol. The van der Waals surface area contributed by atoms with E-state index in [0.717, 1.165) is 36.1 Å². The summed E-state index contributed by atoms with van der Waals surface area (Å²) in [5.41, 5.74) is 2.15. The van der Waals surface area contributed by atoms with Crippen molar-refractivity contribution in [2.45, 2.75) is 32.6 Å². The van der Waals surface area contributed by atoms with Gasteiger partial charge in [0.05, 0.1) is 24.4 Å². The van der Waals surface area contributed by atoms with Crippen LogP contribution in [0.2, 0.25) is 5.02 Å². The lowest BCUT2D eigenvalue weighted by Crippen LogP contribution is -2.40. The lowest BCUT2D eigenvalue weighted by Gasteiger charge is -2.29. The van der Waals surface area contributed by atoms with Crippen molar-refractivity contribution in [3.05, 3.63) is 39.2 Å². The quantitative estimate of drug-likeness (QED) is 0.718. The molecule has 2 amide bonds. The number of amides is 2. The van der Waals surface area contributed by atoms with Gasteiger partial charge in [-0.05, 0) is 56.4 Å². The molecule has 1 aliphatic heterocycles. The summed E-state index contributed by atoms with van der Waals surface area (Å²) < 4.78 is 10.9. The van der Waals surface area contributed by atoms with E-state index in [2.05, 4.69) is 5.32 Å². The average Bonchev–Trinajstić information content (AvgIpc) is 3.05. The minimum Gasteiger partial charge on any atom is -0.490 e. The smallest absolute Gasteiger partial charge is 0.341 e. The van der Waals surface area contributed by atoms with Crippen LogP contribution in [0.1, 0.15) is 40.6 Å². The molecule has 8 heteroatoms. The van der Waals surface area contributed by atoms with Crippen molar-refractivity contribution in [1.82, 2.24) is 0 Å². The number of aryl methyl sites for hydroxylation is 1. The first-order valence-corrected chi connectivity index (χ1v) is 10.6. The summed E-state index contributed by atoms with van der Waals surface area (Å²) in [5.74, 6) is 0.240. The Balaban J connectivity index is 1.65. The fraction of sp³-hybridized carbons (Fsp3) is 0.400. The molecule has 0 saturated heterocycles. The first-order chi connectivity index (χ1) is 13.6. The maximum Gasteiger partial charge on any atom is 0.341 e. The highest BCUT2D eigenvalue weighted by molar-refractivity contribution is 7.17. The average molecular weight is 421 g/mol. The third-order valence-corrected chi connectivity index (χ3v) is 6.34. The van der Waals surface area contributed by atoms with Crippen molar-refractivity contribution in [1.29, 1.82) is 0 Å². The van der Waals surface area contributed by atoms with Gasteiger partial charge in [0.25, 0.3) is 0 Å². The molecular weight excluding hydrogens is 400 g/mol. The Morgan fingerprint density at radius 3 is 2.96 bits per heavy atom. The highest BCUT2D eigenvalue weighted by Gasteiger charge is 2.30. The standard InChI is InChI=1S/C20H21ClN2O4S/c1-2-26-19(24)17-13-5-3-4-6-16(13)28-18(17)22-20(25)23-9-10-27-15-8-7-12(21)11-14(15)23/h7-8,11H,2-6,9-10H2,1H3,(H,22,25). The maximum absolute atomic E-state index is 13.1. The lowest BCUT2D eigenvalue weighted by atomic mass is 9.95. The molecule has 0 bridgehead atoms. The molecule has 1 N–H and O–H groups in total. The molecule has 2 aromatic rings. The van der Waals surface area contributed by atoms with Gasteiger partial charge in [-0.1, -0.05) is 11.6 Å². The number of esters is 1. The van der Waals surface area contributed by atoms with Crippen LogP contribution in [0.15, 0.2) is 18.2 Å². The first kappa shape index (κ1) is 19.1. The van der Waals surface area contributed by atoms with Gasteiger partial charge >= 0.3 is 12.0 Å². The Kier molecular flexibility index (Phi) is 5.46.